The number of furan rings is 1. The first kappa shape index (κ1) is 5.38. The van der Waals surface area contributed by atoms with Gasteiger partial charge in [-0.25, -0.2) is 0 Å². The van der Waals surface area contributed by atoms with E-state index in [4.69, 9.17) is 4.42 Å². The second kappa shape index (κ2) is 2.52. The molecular weight excluding hydrogens is 116 g/mol. The molecule has 0 unspecified atom stereocenters. The summed E-state index contributed by atoms with van der Waals surface area (Å²) in [7, 11) is 3.17. The van der Waals surface area contributed by atoms with Crippen LogP contribution in [0.15, 0.2) is 28.5 Å². The van der Waals surface area contributed by atoms with E-state index < -0.39 is 0 Å². The molecule has 3 radical (unpaired) electrons. The van der Waals surface area contributed by atoms with Gasteiger partial charge in [-0.3, -0.25) is 0 Å². The Bertz CT molecular complexity index is 165. The van der Waals surface area contributed by atoms with Gasteiger partial charge >= 0.3 is 0 Å². The van der Waals surface area contributed by atoms with Crippen LogP contribution < -0.4 is 0 Å². The molecule has 0 bridgehead atoms. The van der Waals surface area contributed by atoms with Crippen LogP contribution in [0.5, 0.6) is 0 Å². The molecule has 0 amide bonds. The summed E-state index contributed by atoms with van der Waals surface area (Å²) in [6.07, 6.45) is 3.47. The molecule has 2 heteroatoms. The molecule has 1 aromatic heterocycles. The van der Waals surface area contributed by atoms with Crippen LogP contribution >= 0.6 is 0 Å². The highest BCUT2D eigenvalue weighted by Crippen LogP contribution is 2.00. The highest BCUT2D eigenvalue weighted by Gasteiger charge is 1.81. The fourth-order valence-corrected chi connectivity index (χ4v) is 0.632. The maximum absolute atomic E-state index is 4.96. The fourth-order valence-electron chi connectivity index (χ4n) is 0.468. The molecule has 8 heavy (non-hydrogen) atoms. The molecule has 0 saturated heterocycles. The van der Waals surface area contributed by atoms with Crippen LogP contribution in [0.2, 0.25) is 0 Å². The summed E-state index contributed by atoms with van der Waals surface area (Å²) in [5.41, 5.74) is 1.75. The minimum Gasteiger partial charge on any atom is -0.465 e. The molecule has 0 N–H and O–H groups in total. The van der Waals surface area contributed by atoms with Crippen molar-refractivity contribution in [2.75, 3.05) is 0 Å². The molecule has 0 saturated carbocycles. The zero-order valence-corrected chi connectivity index (χ0v) is 5.29. The lowest BCUT2D eigenvalue weighted by Gasteiger charge is -1.76. The highest BCUT2D eigenvalue weighted by atomic mass is 28.1. The Hall–Kier alpha value is -0.763. The van der Waals surface area contributed by atoms with Crippen molar-refractivity contribution in [2.24, 2.45) is 0 Å². The Morgan fingerprint density at radius 1 is 1.62 bits per heavy atom. The Morgan fingerprint density at radius 3 is 3.00 bits per heavy atom. The predicted molar refractivity (Wildman–Crippen MR) is 33.5 cm³/mol. The Morgan fingerprint density at radius 2 is 2.50 bits per heavy atom. The second-order valence-corrected chi connectivity index (χ2v) is 1.68. The molecule has 1 aromatic rings. The third kappa shape index (κ3) is 1.10. The van der Waals surface area contributed by atoms with Crippen molar-refractivity contribution >= 4 is 16.3 Å². The average Bonchev–Trinajstić information content (AvgIpc) is 2.19. The van der Waals surface area contributed by atoms with E-state index in [1.807, 2.05) is 18.2 Å². The van der Waals surface area contributed by atoms with Gasteiger partial charge in [0.2, 0.25) is 0 Å². The summed E-state index contributed by atoms with van der Waals surface area (Å²) in [5.74, 6) is 0.861. The van der Waals surface area contributed by atoms with Crippen LogP contribution in [-0.4, -0.2) is 10.2 Å². The lowest BCUT2D eigenvalue weighted by molar-refractivity contribution is 0.557. The van der Waals surface area contributed by atoms with Gasteiger partial charge < -0.3 is 4.42 Å². The summed E-state index contributed by atoms with van der Waals surface area (Å²) >= 11 is 0. The van der Waals surface area contributed by atoms with Crippen LogP contribution in [-0.2, 0) is 0 Å². The van der Waals surface area contributed by atoms with Crippen LogP contribution in [0.4, 0.5) is 0 Å². The van der Waals surface area contributed by atoms with Gasteiger partial charge in [0, 0.05) is 0 Å². The topological polar surface area (TPSA) is 13.1 Å². The maximum Gasteiger partial charge on any atom is 0.125 e. The van der Waals surface area contributed by atoms with Gasteiger partial charge in [0.05, 0.1) is 16.5 Å². The van der Waals surface area contributed by atoms with Crippen LogP contribution in [0.3, 0.4) is 0 Å². The maximum atomic E-state index is 4.96. The normalized spacial score (nSPS) is 10.6. The van der Waals surface area contributed by atoms with Gasteiger partial charge in [-0.05, 0) is 18.2 Å². The first-order chi connectivity index (χ1) is 3.93. The van der Waals surface area contributed by atoms with Crippen molar-refractivity contribution in [3.8, 4) is 0 Å². The molecule has 1 nitrogen and oxygen atoms in total. The van der Waals surface area contributed by atoms with Crippen molar-refractivity contribution in [2.45, 2.75) is 0 Å². The third-order valence-electron chi connectivity index (χ3n) is 0.791. The lowest BCUT2D eigenvalue weighted by atomic mass is 10.5. The van der Waals surface area contributed by atoms with Crippen LogP contribution in [0.25, 0.3) is 6.08 Å². The van der Waals surface area contributed by atoms with E-state index in [1.165, 1.54) is 0 Å². The first-order valence-electron chi connectivity index (χ1n) is 2.31. The lowest BCUT2D eigenvalue weighted by Crippen LogP contribution is -1.57. The Labute approximate surface area is 51.4 Å². The molecule has 0 spiro atoms. The van der Waals surface area contributed by atoms with E-state index in [0.29, 0.717) is 0 Å². The molecule has 0 aliphatic carbocycles. The summed E-state index contributed by atoms with van der Waals surface area (Å²) in [6, 6.07) is 3.73. The van der Waals surface area contributed by atoms with Gasteiger partial charge in [-0.1, -0.05) is 5.70 Å². The van der Waals surface area contributed by atoms with Gasteiger partial charge in [-0.2, -0.15) is 0 Å². The van der Waals surface area contributed by atoms with Crippen molar-refractivity contribution < 1.29 is 4.42 Å². The third-order valence-corrected chi connectivity index (χ3v) is 0.957. The first-order valence-corrected chi connectivity index (χ1v) is 2.88. The summed E-state index contributed by atoms with van der Waals surface area (Å²) in [5, 5.41) is 0. The predicted octanol–water partition coefficient (Wildman–Crippen LogP) is 1.42. The number of rotatable bonds is 1. The molecule has 0 fully saturated rings. The number of hydrogen-bond acceptors (Lipinski definition) is 1. The molecule has 0 aromatic carbocycles. The summed E-state index contributed by atoms with van der Waals surface area (Å²) in [6.45, 7) is 0. The minimum absolute atomic E-state index is 0.861. The van der Waals surface area contributed by atoms with E-state index in [1.54, 1.807) is 12.0 Å². The molecule has 1 heterocycles. The zero-order valence-electron chi connectivity index (χ0n) is 4.29. The Balaban J connectivity index is 2.77. The van der Waals surface area contributed by atoms with Crippen molar-refractivity contribution in [3.63, 3.8) is 0 Å². The molecule has 39 valence electrons. The van der Waals surface area contributed by atoms with Gasteiger partial charge in [0.1, 0.15) is 5.76 Å². The monoisotopic (exact) mass is 121 g/mol. The number of hydrogen-bond donors (Lipinski definition) is 0. The van der Waals surface area contributed by atoms with Crippen molar-refractivity contribution in [1.29, 1.82) is 0 Å². The van der Waals surface area contributed by atoms with E-state index >= 15 is 0 Å². The SMILES string of the molecule is [Si]C=Cc1ccco1. The van der Waals surface area contributed by atoms with Crippen LogP contribution in [0.1, 0.15) is 5.76 Å². The molecule has 0 atom stereocenters. The van der Waals surface area contributed by atoms with E-state index in [0.717, 1.165) is 5.76 Å². The standard InChI is InChI=1S/C6H5OSi/c8-5-3-6-2-1-4-7-6/h1-5H. The average molecular weight is 121 g/mol. The van der Waals surface area contributed by atoms with Crippen molar-refractivity contribution in [1.82, 2.24) is 0 Å². The highest BCUT2D eigenvalue weighted by molar-refractivity contribution is 6.19. The molecular formula is C6H5OSi. The summed E-state index contributed by atoms with van der Waals surface area (Å²) < 4.78 is 4.96. The van der Waals surface area contributed by atoms with E-state index in [-0.39, 0.29) is 0 Å². The molecule has 0 aliphatic heterocycles. The van der Waals surface area contributed by atoms with E-state index in [2.05, 4.69) is 10.2 Å². The van der Waals surface area contributed by atoms with Gasteiger partial charge in [0.15, 0.2) is 0 Å². The van der Waals surface area contributed by atoms with Crippen molar-refractivity contribution in [3.05, 3.63) is 29.9 Å². The quantitative estimate of drug-likeness (QED) is 0.512. The summed E-state index contributed by atoms with van der Waals surface area (Å²) in [4.78, 5) is 0. The largest absolute Gasteiger partial charge is 0.465 e. The Kier molecular flexibility index (Phi) is 1.69. The smallest absolute Gasteiger partial charge is 0.125 e. The van der Waals surface area contributed by atoms with Gasteiger partial charge in [0.25, 0.3) is 0 Å². The van der Waals surface area contributed by atoms with E-state index in [9.17, 15) is 0 Å². The molecule has 1 rings (SSSR count). The minimum atomic E-state index is 0.861. The van der Waals surface area contributed by atoms with Crippen LogP contribution in [0, 0.1) is 0 Å². The zero-order chi connectivity index (χ0) is 5.82. The van der Waals surface area contributed by atoms with Gasteiger partial charge in [-0.15, -0.1) is 0 Å². The molecule has 0 aliphatic rings. The second-order valence-electron chi connectivity index (χ2n) is 1.35. The fraction of sp³-hybridized carbons (Fsp3) is 0.